The van der Waals surface area contributed by atoms with E-state index < -0.39 is 26.8 Å². The first-order chi connectivity index (χ1) is 9.27. The van der Waals surface area contributed by atoms with Crippen molar-refractivity contribution in [3.8, 4) is 0 Å². The predicted molar refractivity (Wildman–Crippen MR) is 68.4 cm³/mol. The smallest absolute Gasteiger partial charge is 0.317 e. The van der Waals surface area contributed by atoms with E-state index in [0.29, 0.717) is 6.42 Å². The van der Waals surface area contributed by atoms with Gasteiger partial charge < -0.3 is 5.32 Å². The summed E-state index contributed by atoms with van der Waals surface area (Å²) in [7, 11) is 0. The third-order valence-corrected chi connectivity index (χ3v) is 4.54. The van der Waals surface area contributed by atoms with Gasteiger partial charge in [-0.15, -0.1) is 0 Å². The highest BCUT2D eigenvalue weighted by atomic mass is 16.6. The summed E-state index contributed by atoms with van der Waals surface area (Å²) in [6.07, 6.45) is 0.377. The molecule has 1 N–H and O–H groups in total. The van der Waals surface area contributed by atoms with Crippen LogP contribution in [0.4, 0.5) is 0 Å². The number of nitro groups is 2. The van der Waals surface area contributed by atoms with Crippen LogP contribution in [0.1, 0.15) is 26.7 Å². The van der Waals surface area contributed by atoms with E-state index >= 15 is 0 Å². The Morgan fingerprint density at radius 3 is 2.50 bits per heavy atom. The Balaban J connectivity index is 2.46. The second kappa shape index (κ2) is 4.65. The average Bonchev–Trinajstić information content (AvgIpc) is 2.41. The van der Waals surface area contributed by atoms with E-state index in [4.69, 9.17) is 0 Å². The van der Waals surface area contributed by atoms with Crippen LogP contribution < -0.4 is 5.32 Å². The van der Waals surface area contributed by atoms with Gasteiger partial charge in [-0.2, -0.15) is 0 Å². The number of hydrogen-bond donors (Lipinski definition) is 1. The molecule has 2 rings (SSSR count). The molecule has 2 aliphatic rings. The number of nitrogens with zero attached hydrogens (tertiary/aromatic N) is 3. The lowest BCUT2D eigenvalue weighted by molar-refractivity contribution is -0.619. The molecule has 1 amide bonds. The summed E-state index contributed by atoms with van der Waals surface area (Å²) in [6, 6.07) is -0.0418. The lowest BCUT2D eigenvalue weighted by atomic mass is 9.74. The molecule has 2 bridgehead atoms. The van der Waals surface area contributed by atoms with Crippen molar-refractivity contribution in [3.63, 3.8) is 0 Å². The zero-order valence-electron chi connectivity index (χ0n) is 11.5. The van der Waals surface area contributed by atoms with Crippen molar-refractivity contribution in [2.75, 3.05) is 19.6 Å². The van der Waals surface area contributed by atoms with E-state index in [-0.39, 0.29) is 32.1 Å². The molecular weight excluding hydrogens is 268 g/mol. The molecule has 2 saturated heterocycles. The highest BCUT2D eigenvalue weighted by molar-refractivity contribution is 5.86. The van der Waals surface area contributed by atoms with Crippen LogP contribution in [0.25, 0.3) is 0 Å². The van der Waals surface area contributed by atoms with E-state index in [1.807, 2.05) is 13.8 Å². The Hall–Kier alpha value is -1.77. The third-order valence-electron chi connectivity index (χ3n) is 4.54. The molecule has 3 unspecified atom stereocenters. The molecule has 3 atom stereocenters. The molecule has 2 heterocycles. The number of hydrogen-bond acceptors (Lipinski definition) is 6. The van der Waals surface area contributed by atoms with Crippen molar-refractivity contribution in [1.29, 1.82) is 0 Å². The molecule has 2 aliphatic heterocycles. The fourth-order valence-corrected chi connectivity index (χ4v) is 3.07. The van der Waals surface area contributed by atoms with Crippen LogP contribution in [-0.2, 0) is 4.79 Å². The summed E-state index contributed by atoms with van der Waals surface area (Å²) in [5.41, 5.74) is -3.38. The van der Waals surface area contributed by atoms with Crippen molar-refractivity contribution in [2.24, 2.45) is 0 Å². The molecule has 2 fully saturated rings. The van der Waals surface area contributed by atoms with Gasteiger partial charge in [0.25, 0.3) is 11.4 Å². The van der Waals surface area contributed by atoms with Gasteiger partial charge in [-0.05, 0) is 13.3 Å². The van der Waals surface area contributed by atoms with Gasteiger partial charge in [0.2, 0.25) is 0 Å². The highest BCUT2D eigenvalue weighted by Crippen LogP contribution is 2.37. The molecule has 0 radical (unpaired) electrons. The molecule has 0 aliphatic carbocycles. The van der Waals surface area contributed by atoms with Gasteiger partial charge in [0.05, 0.1) is 19.6 Å². The monoisotopic (exact) mass is 286 g/mol. The second-order valence-corrected chi connectivity index (χ2v) is 5.79. The summed E-state index contributed by atoms with van der Waals surface area (Å²) < 4.78 is 0. The SMILES string of the molecule is CCC(C)N1CC2([N+](=O)[O-])CNC(=O)C([N+](=O)[O-])(C1)C2. The number of carbonyl (C=O) groups excluding carboxylic acids is 1. The highest BCUT2D eigenvalue weighted by Gasteiger charge is 2.69. The first kappa shape index (κ1) is 14.6. The molecule has 20 heavy (non-hydrogen) atoms. The molecular formula is C11H18N4O5. The quantitative estimate of drug-likeness (QED) is 0.557. The van der Waals surface area contributed by atoms with Crippen LogP contribution in [0.3, 0.4) is 0 Å². The Morgan fingerprint density at radius 2 is 2.00 bits per heavy atom. The minimum absolute atomic E-state index is 0.0418. The summed E-state index contributed by atoms with van der Waals surface area (Å²) in [6.45, 7) is 3.68. The standard InChI is InChI=1S/C11H18N4O5/c1-3-8(2)13-6-10(14(17)18)4-11(7-13,15(19)20)9(16)12-5-10/h8H,3-7H2,1-2H3,(H,12,16). The van der Waals surface area contributed by atoms with Gasteiger partial charge >= 0.3 is 5.54 Å². The number of rotatable bonds is 4. The molecule has 0 aromatic heterocycles. The number of nitrogens with one attached hydrogen (secondary N) is 1. The van der Waals surface area contributed by atoms with E-state index in [9.17, 15) is 25.0 Å². The largest absolute Gasteiger partial charge is 0.343 e. The zero-order valence-corrected chi connectivity index (χ0v) is 11.5. The van der Waals surface area contributed by atoms with E-state index in [2.05, 4.69) is 5.32 Å². The molecule has 9 heteroatoms. The van der Waals surface area contributed by atoms with Crippen LogP contribution in [0.15, 0.2) is 0 Å². The number of fused-ring (bicyclic) bond motifs is 2. The number of amides is 1. The Morgan fingerprint density at radius 1 is 1.35 bits per heavy atom. The summed E-state index contributed by atoms with van der Waals surface area (Å²) in [5.74, 6) is -0.715. The van der Waals surface area contributed by atoms with Crippen LogP contribution in [0.2, 0.25) is 0 Å². The molecule has 9 nitrogen and oxygen atoms in total. The Labute approximate surface area is 115 Å². The van der Waals surface area contributed by atoms with Gasteiger partial charge in [-0.25, -0.2) is 0 Å². The van der Waals surface area contributed by atoms with Crippen LogP contribution in [-0.4, -0.2) is 57.4 Å². The fourth-order valence-electron chi connectivity index (χ4n) is 3.07. The second-order valence-electron chi connectivity index (χ2n) is 5.79. The average molecular weight is 286 g/mol. The lowest BCUT2D eigenvalue weighted by Gasteiger charge is -2.47. The van der Waals surface area contributed by atoms with Gasteiger partial charge in [-0.1, -0.05) is 6.92 Å². The molecule has 0 saturated carbocycles. The van der Waals surface area contributed by atoms with Gasteiger partial charge in [-0.3, -0.25) is 29.9 Å². The van der Waals surface area contributed by atoms with E-state index in [0.717, 1.165) is 0 Å². The van der Waals surface area contributed by atoms with E-state index in [1.165, 1.54) is 0 Å². The van der Waals surface area contributed by atoms with Crippen LogP contribution >= 0.6 is 0 Å². The molecule has 0 aromatic carbocycles. The maximum absolute atomic E-state index is 12.0. The Bertz CT molecular complexity index is 470. The maximum Gasteiger partial charge on any atom is 0.317 e. The van der Waals surface area contributed by atoms with Gasteiger partial charge in [0.15, 0.2) is 0 Å². The number of piperidine rings is 2. The summed E-state index contributed by atoms with van der Waals surface area (Å²) >= 11 is 0. The van der Waals surface area contributed by atoms with Crippen molar-refractivity contribution >= 4 is 5.91 Å². The van der Waals surface area contributed by atoms with Crippen molar-refractivity contribution in [2.45, 2.75) is 43.8 Å². The van der Waals surface area contributed by atoms with Crippen molar-refractivity contribution < 1.29 is 14.6 Å². The zero-order chi connectivity index (χ0) is 15.1. The number of carbonyl (C=O) groups is 1. The van der Waals surface area contributed by atoms with E-state index in [1.54, 1.807) is 4.90 Å². The summed E-state index contributed by atoms with van der Waals surface area (Å²) in [4.78, 5) is 35.4. The lowest BCUT2D eigenvalue weighted by Crippen LogP contribution is -2.77. The Kier molecular flexibility index (Phi) is 3.41. The molecule has 0 aromatic rings. The van der Waals surface area contributed by atoms with Gasteiger partial charge in [0, 0.05) is 15.9 Å². The normalized spacial score (nSPS) is 35.2. The van der Waals surface area contributed by atoms with Crippen molar-refractivity contribution in [1.82, 2.24) is 10.2 Å². The van der Waals surface area contributed by atoms with Crippen molar-refractivity contribution in [3.05, 3.63) is 20.2 Å². The van der Waals surface area contributed by atoms with Gasteiger partial charge in [0.1, 0.15) is 6.42 Å². The molecule has 0 spiro atoms. The first-order valence-corrected chi connectivity index (χ1v) is 6.59. The summed E-state index contributed by atoms with van der Waals surface area (Å²) in [5, 5.41) is 25.2. The van der Waals surface area contributed by atoms with Crippen LogP contribution in [0.5, 0.6) is 0 Å². The fraction of sp³-hybridized carbons (Fsp3) is 0.909. The molecule has 112 valence electrons. The predicted octanol–water partition coefficient (Wildman–Crippen LogP) is -0.349. The minimum Gasteiger partial charge on any atom is -0.343 e. The van der Waals surface area contributed by atoms with Crippen LogP contribution in [0, 0.1) is 20.2 Å². The topological polar surface area (TPSA) is 119 Å². The number of likely N-dealkylation sites (tertiary alicyclic amines) is 1. The third kappa shape index (κ3) is 1.92. The maximum atomic E-state index is 12.0. The minimum atomic E-state index is -1.91. The first-order valence-electron chi connectivity index (χ1n) is 6.59.